The van der Waals surface area contributed by atoms with Crippen LogP contribution in [0.1, 0.15) is 30.5 Å². The fraction of sp³-hybridized carbons (Fsp3) is 0.538. The van der Waals surface area contributed by atoms with Gasteiger partial charge < -0.3 is 16.2 Å². The number of benzene rings is 1. The van der Waals surface area contributed by atoms with Gasteiger partial charge in [-0.1, -0.05) is 24.9 Å². The normalized spacial score (nSPS) is 14.5. The lowest BCUT2D eigenvalue weighted by molar-refractivity contribution is 0.411. The molecular weight excluding hydrogens is 236 g/mol. The molecule has 0 radical (unpaired) electrons. The van der Waals surface area contributed by atoms with Crippen LogP contribution >= 0.6 is 11.6 Å². The molecule has 0 fully saturated rings. The van der Waals surface area contributed by atoms with Gasteiger partial charge in [-0.3, -0.25) is 0 Å². The molecule has 0 bridgehead atoms. The molecule has 2 unspecified atom stereocenters. The second-order valence-corrected chi connectivity index (χ2v) is 4.68. The van der Waals surface area contributed by atoms with Gasteiger partial charge in [0.2, 0.25) is 0 Å². The molecule has 1 rings (SSSR count). The molecule has 4 N–H and O–H groups in total. The summed E-state index contributed by atoms with van der Waals surface area (Å²) in [6.07, 6.45) is 0.959. The third kappa shape index (κ3) is 3.12. The van der Waals surface area contributed by atoms with E-state index in [-0.39, 0.29) is 12.0 Å². The molecule has 4 heteroatoms. The van der Waals surface area contributed by atoms with Crippen molar-refractivity contribution in [2.24, 2.45) is 17.4 Å². The van der Waals surface area contributed by atoms with Crippen LogP contribution in [0.4, 0.5) is 0 Å². The van der Waals surface area contributed by atoms with E-state index in [4.69, 9.17) is 27.8 Å². The summed E-state index contributed by atoms with van der Waals surface area (Å²) >= 11 is 6.12. The predicted octanol–water partition coefficient (Wildman–Crippen LogP) is 2.64. The highest BCUT2D eigenvalue weighted by atomic mass is 35.5. The molecule has 0 heterocycles. The largest absolute Gasteiger partial charge is 0.495 e. The van der Waals surface area contributed by atoms with E-state index >= 15 is 0 Å². The number of nitrogens with two attached hydrogens (primary N) is 2. The van der Waals surface area contributed by atoms with Crippen molar-refractivity contribution in [3.8, 4) is 5.75 Å². The van der Waals surface area contributed by atoms with Gasteiger partial charge in [0.05, 0.1) is 12.1 Å². The second kappa shape index (κ2) is 6.24. The monoisotopic (exact) mass is 256 g/mol. The Morgan fingerprint density at radius 1 is 1.41 bits per heavy atom. The number of methoxy groups -OCH3 is 1. The summed E-state index contributed by atoms with van der Waals surface area (Å²) in [6, 6.07) is 3.73. The molecule has 0 amide bonds. The number of aryl methyl sites for hydroxylation is 1. The first-order valence-corrected chi connectivity index (χ1v) is 6.22. The van der Waals surface area contributed by atoms with Crippen LogP contribution in [0.25, 0.3) is 0 Å². The number of rotatable bonds is 5. The van der Waals surface area contributed by atoms with Crippen molar-refractivity contribution < 1.29 is 4.74 Å². The van der Waals surface area contributed by atoms with Gasteiger partial charge in [0.1, 0.15) is 5.75 Å². The molecule has 0 saturated heterocycles. The Morgan fingerprint density at radius 3 is 2.53 bits per heavy atom. The van der Waals surface area contributed by atoms with Gasteiger partial charge in [-0.25, -0.2) is 0 Å². The summed E-state index contributed by atoms with van der Waals surface area (Å²) in [5.74, 6) is 0.957. The SMILES string of the molecule is CCC(CN)C(N)c1cc(Cl)c(OC)cc1C. The Morgan fingerprint density at radius 2 is 2.06 bits per heavy atom. The summed E-state index contributed by atoms with van der Waals surface area (Å²) in [5, 5.41) is 0.593. The minimum Gasteiger partial charge on any atom is -0.495 e. The van der Waals surface area contributed by atoms with Gasteiger partial charge in [-0.15, -0.1) is 0 Å². The van der Waals surface area contributed by atoms with Crippen molar-refractivity contribution in [3.63, 3.8) is 0 Å². The van der Waals surface area contributed by atoms with Crippen LogP contribution in [0, 0.1) is 12.8 Å². The Hall–Kier alpha value is -0.770. The number of hydrogen-bond donors (Lipinski definition) is 2. The molecule has 17 heavy (non-hydrogen) atoms. The Bertz CT molecular complexity index is 378. The van der Waals surface area contributed by atoms with E-state index in [1.807, 2.05) is 19.1 Å². The Balaban J connectivity index is 3.09. The van der Waals surface area contributed by atoms with Crippen LogP contribution in [0.2, 0.25) is 5.02 Å². The molecule has 0 aromatic heterocycles. The zero-order valence-corrected chi connectivity index (χ0v) is 11.4. The lowest BCUT2D eigenvalue weighted by Gasteiger charge is -2.23. The minimum atomic E-state index is -0.0755. The van der Waals surface area contributed by atoms with Crippen molar-refractivity contribution in [2.75, 3.05) is 13.7 Å². The molecule has 0 aliphatic heterocycles. The van der Waals surface area contributed by atoms with Crippen molar-refractivity contribution in [2.45, 2.75) is 26.3 Å². The Labute approximate surface area is 108 Å². The quantitative estimate of drug-likeness (QED) is 0.851. The van der Waals surface area contributed by atoms with Gasteiger partial charge in [0, 0.05) is 6.04 Å². The average Bonchev–Trinajstić information content (AvgIpc) is 2.32. The standard InChI is InChI=1S/C13H21ClN2O/c1-4-9(7-15)13(16)10-6-11(14)12(17-3)5-8(10)2/h5-6,9,13H,4,7,15-16H2,1-3H3. The maximum atomic E-state index is 6.24. The lowest BCUT2D eigenvalue weighted by Crippen LogP contribution is -2.28. The molecule has 0 spiro atoms. The van der Waals surface area contributed by atoms with Gasteiger partial charge in [-0.05, 0) is 42.6 Å². The van der Waals surface area contributed by atoms with Crippen LogP contribution in [0.5, 0.6) is 5.75 Å². The average molecular weight is 257 g/mol. The molecule has 0 saturated carbocycles. The highest BCUT2D eigenvalue weighted by Crippen LogP contribution is 2.32. The van der Waals surface area contributed by atoms with Crippen molar-refractivity contribution in [1.82, 2.24) is 0 Å². The molecule has 96 valence electrons. The third-order valence-electron chi connectivity index (χ3n) is 3.23. The van der Waals surface area contributed by atoms with Crippen LogP contribution < -0.4 is 16.2 Å². The van der Waals surface area contributed by atoms with Crippen LogP contribution in [0.3, 0.4) is 0 Å². The van der Waals surface area contributed by atoms with Crippen molar-refractivity contribution >= 4 is 11.6 Å². The summed E-state index contributed by atoms with van der Waals surface area (Å²) in [4.78, 5) is 0. The van der Waals surface area contributed by atoms with E-state index in [0.29, 0.717) is 17.3 Å². The first kappa shape index (κ1) is 14.3. The van der Waals surface area contributed by atoms with E-state index in [2.05, 4.69) is 6.92 Å². The van der Waals surface area contributed by atoms with E-state index in [1.165, 1.54) is 0 Å². The smallest absolute Gasteiger partial charge is 0.137 e. The maximum Gasteiger partial charge on any atom is 0.137 e. The van der Waals surface area contributed by atoms with Gasteiger partial charge in [0.15, 0.2) is 0 Å². The summed E-state index contributed by atoms with van der Waals surface area (Å²) in [5.41, 5.74) is 14.1. The zero-order chi connectivity index (χ0) is 13.0. The van der Waals surface area contributed by atoms with Gasteiger partial charge in [0.25, 0.3) is 0 Å². The molecule has 1 aromatic carbocycles. The molecule has 3 nitrogen and oxygen atoms in total. The first-order valence-electron chi connectivity index (χ1n) is 5.84. The topological polar surface area (TPSA) is 61.3 Å². The number of halogens is 1. The first-order chi connectivity index (χ1) is 8.04. The van der Waals surface area contributed by atoms with Crippen LogP contribution in [-0.2, 0) is 0 Å². The zero-order valence-electron chi connectivity index (χ0n) is 10.7. The van der Waals surface area contributed by atoms with E-state index in [0.717, 1.165) is 17.5 Å². The van der Waals surface area contributed by atoms with E-state index in [1.54, 1.807) is 7.11 Å². The molecule has 2 atom stereocenters. The summed E-state index contributed by atoms with van der Waals surface area (Å²) in [6.45, 7) is 4.69. The fourth-order valence-electron chi connectivity index (χ4n) is 2.01. The maximum absolute atomic E-state index is 6.24. The summed E-state index contributed by atoms with van der Waals surface area (Å²) in [7, 11) is 1.61. The lowest BCUT2D eigenvalue weighted by atomic mass is 9.89. The minimum absolute atomic E-state index is 0.0755. The van der Waals surface area contributed by atoms with Gasteiger partial charge in [-0.2, -0.15) is 0 Å². The predicted molar refractivity (Wildman–Crippen MR) is 72.5 cm³/mol. The number of ether oxygens (including phenoxy) is 1. The molecule has 0 aliphatic carbocycles. The van der Waals surface area contributed by atoms with E-state index < -0.39 is 0 Å². The highest BCUT2D eigenvalue weighted by Gasteiger charge is 2.19. The van der Waals surface area contributed by atoms with Crippen molar-refractivity contribution in [1.29, 1.82) is 0 Å². The molecular formula is C13H21ClN2O. The highest BCUT2D eigenvalue weighted by molar-refractivity contribution is 6.32. The van der Waals surface area contributed by atoms with E-state index in [9.17, 15) is 0 Å². The van der Waals surface area contributed by atoms with Gasteiger partial charge >= 0.3 is 0 Å². The van der Waals surface area contributed by atoms with Crippen LogP contribution in [0.15, 0.2) is 12.1 Å². The third-order valence-corrected chi connectivity index (χ3v) is 3.53. The molecule has 1 aromatic rings. The Kier molecular flexibility index (Phi) is 5.25. The second-order valence-electron chi connectivity index (χ2n) is 4.27. The fourth-order valence-corrected chi connectivity index (χ4v) is 2.26. The number of hydrogen-bond acceptors (Lipinski definition) is 3. The van der Waals surface area contributed by atoms with Crippen molar-refractivity contribution in [3.05, 3.63) is 28.3 Å². The summed E-state index contributed by atoms with van der Waals surface area (Å²) < 4.78 is 5.18. The molecule has 0 aliphatic rings. The van der Waals surface area contributed by atoms with Crippen LogP contribution in [-0.4, -0.2) is 13.7 Å².